The van der Waals surface area contributed by atoms with Crippen molar-refractivity contribution >= 4 is 11.8 Å². The van der Waals surface area contributed by atoms with Gasteiger partial charge in [-0.1, -0.05) is 30.3 Å². The molecule has 1 heterocycles. The third-order valence-electron chi connectivity index (χ3n) is 3.81. The van der Waals surface area contributed by atoms with Crippen LogP contribution in [0.5, 0.6) is 0 Å². The van der Waals surface area contributed by atoms with Crippen molar-refractivity contribution in [3.05, 3.63) is 35.9 Å². The lowest BCUT2D eigenvalue weighted by Crippen LogP contribution is -2.36. The van der Waals surface area contributed by atoms with Crippen LogP contribution in [-0.4, -0.2) is 29.3 Å². The molecule has 1 saturated heterocycles. The summed E-state index contributed by atoms with van der Waals surface area (Å²) in [5, 5.41) is 3.00. The summed E-state index contributed by atoms with van der Waals surface area (Å²) < 4.78 is 0. The fraction of sp³-hybridized carbons (Fsp3) is 0.500. The van der Waals surface area contributed by atoms with Crippen molar-refractivity contribution in [1.29, 1.82) is 0 Å². The molecule has 2 amide bonds. The van der Waals surface area contributed by atoms with Crippen molar-refractivity contribution in [3.63, 3.8) is 0 Å². The second kappa shape index (κ2) is 6.07. The summed E-state index contributed by atoms with van der Waals surface area (Å²) in [6.07, 6.45) is 0.325. The SMILES string of the molecule is CC(C)N1C[C@H](C(=O)N[C@H](C)c2ccccc2)CC1=O. The van der Waals surface area contributed by atoms with Gasteiger partial charge in [-0.2, -0.15) is 0 Å². The van der Waals surface area contributed by atoms with Gasteiger partial charge in [-0.05, 0) is 26.3 Å². The smallest absolute Gasteiger partial charge is 0.225 e. The summed E-state index contributed by atoms with van der Waals surface area (Å²) >= 11 is 0. The Bertz CT molecular complexity index is 485. The van der Waals surface area contributed by atoms with Gasteiger partial charge in [0.25, 0.3) is 0 Å². The predicted molar refractivity (Wildman–Crippen MR) is 78.0 cm³/mol. The van der Waals surface area contributed by atoms with Gasteiger partial charge in [-0.3, -0.25) is 9.59 Å². The van der Waals surface area contributed by atoms with Gasteiger partial charge in [0.05, 0.1) is 12.0 Å². The van der Waals surface area contributed by atoms with E-state index in [1.807, 2.05) is 51.1 Å². The molecule has 0 saturated carbocycles. The Labute approximate surface area is 120 Å². The molecule has 4 nitrogen and oxygen atoms in total. The zero-order chi connectivity index (χ0) is 14.7. The van der Waals surface area contributed by atoms with E-state index >= 15 is 0 Å². The Kier molecular flexibility index (Phi) is 4.42. The lowest BCUT2D eigenvalue weighted by molar-refractivity contribution is -0.130. The minimum absolute atomic E-state index is 0.0298. The van der Waals surface area contributed by atoms with E-state index in [0.29, 0.717) is 13.0 Å². The van der Waals surface area contributed by atoms with Gasteiger partial charge in [-0.25, -0.2) is 0 Å². The summed E-state index contributed by atoms with van der Waals surface area (Å²) in [6.45, 7) is 6.45. The number of hydrogen-bond acceptors (Lipinski definition) is 2. The number of carbonyl (C=O) groups excluding carboxylic acids is 2. The first-order valence-corrected chi connectivity index (χ1v) is 7.14. The zero-order valence-electron chi connectivity index (χ0n) is 12.3. The molecule has 1 N–H and O–H groups in total. The van der Waals surface area contributed by atoms with E-state index in [2.05, 4.69) is 5.32 Å². The van der Waals surface area contributed by atoms with E-state index in [1.165, 1.54) is 0 Å². The molecule has 0 spiro atoms. The van der Waals surface area contributed by atoms with Crippen molar-refractivity contribution in [1.82, 2.24) is 10.2 Å². The molecule has 1 aliphatic rings. The predicted octanol–water partition coefficient (Wildman–Crippen LogP) is 2.12. The molecule has 0 unspecified atom stereocenters. The minimum Gasteiger partial charge on any atom is -0.349 e. The monoisotopic (exact) mass is 274 g/mol. The van der Waals surface area contributed by atoms with Crippen LogP contribution in [0.3, 0.4) is 0 Å². The van der Waals surface area contributed by atoms with Crippen LogP contribution < -0.4 is 5.32 Å². The number of nitrogens with zero attached hydrogens (tertiary/aromatic N) is 1. The second-order valence-electron chi connectivity index (χ2n) is 5.68. The number of amides is 2. The molecule has 1 aromatic carbocycles. The number of likely N-dealkylation sites (tertiary alicyclic amines) is 1. The van der Waals surface area contributed by atoms with Crippen LogP contribution in [0.2, 0.25) is 0 Å². The summed E-state index contributed by atoms with van der Waals surface area (Å²) in [5.41, 5.74) is 1.07. The quantitative estimate of drug-likeness (QED) is 0.914. The van der Waals surface area contributed by atoms with E-state index in [0.717, 1.165) is 5.56 Å². The second-order valence-corrected chi connectivity index (χ2v) is 5.68. The molecule has 108 valence electrons. The Morgan fingerprint density at radius 3 is 2.45 bits per heavy atom. The van der Waals surface area contributed by atoms with Gasteiger partial charge in [0.15, 0.2) is 0 Å². The molecule has 0 aromatic heterocycles. The molecule has 4 heteroatoms. The molecule has 2 atom stereocenters. The first-order chi connectivity index (χ1) is 9.49. The van der Waals surface area contributed by atoms with E-state index in [1.54, 1.807) is 4.90 Å². The van der Waals surface area contributed by atoms with Gasteiger partial charge in [0, 0.05) is 19.0 Å². The average Bonchev–Trinajstić information content (AvgIpc) is 2.82. The topological polar surface area (TPSA) is 49.4 Å². The third-order valence-corrected chi connectivity index (χ3v) is 3.81. The first kappa shape index (κ1) is 14.6. The van der Waals surface area contributed by atoms with E-state index in [9.17, 15) is 9.59 Å². The summed E-state index contributed by atoms with van der Waals surface area (Å²) in [5.74, 6) is -0.179. The molecule has 1 aliphatic heterocycles. The lowest BCUT2D eigenvalue weighted by atomic mass is 10.1. The van der Waals surface area contributed by atoms with Gasteiger partial charge in [0.1, 0.15) is 0 Å². The normalized spacial score (nSPS) is 20.3. The maximum absolute atomic E-state index is 12.3. The number of carbonyl (C=O) groups is 2. The summed E-state index contributed by atoms with van der Waals surface area (Å²) in [6, 6.07) is 9.97. The molecular formula is C16H22N2O2. The molecule has 1 aromatic rings. The fourth-order valence-electron chi connectivity index (χ4n) is 2.56. The number of hydrogen-bond donors (Lipinski definition) is 1. The Balaban J connectivity index is 1.95. The van der Waals surface area contributed by atoms with Crippen molar-refractivity contribution in [2.24, 2.45) is 5.92 Å². The maximum atomic E-state index is 12.3. The standard InChI is InChI=1S/C16H22N2O2/c1-11(2)18-10-14(9-15(18)19)16(20)17-12(3)13-7-5-4-6-8-13/h4-8,11-12,14H,9-10H2,1-3H3,(H,17,20)/t12-,14-/m1/s1. The number of rotatable bonds is 4. The molecule has 2 rings (SSSR count). The molecule has 20 heavy (non-hydrogen) atoms. The van der Waals surface area contributed by atoms with Gasteiger partial charge in [0.2, 0.25) is 11.8 Å². The van der Waals surface area contributed by atoms with Crippen LogP contribution in [0.4, 0.5) is 0 Å². The molecule has 0 aliphatic carbocycles. The van der Waals surface area contributed by atoms with Crippen molar-refractivity contribution in [2.45, 2.75) is 39.3 Å². The van der Waals surface area contributed by atoms with Crippen molar-refractivity contribution in [3.8, 4) is 0 Å². The van der Waals surface area contributed by atoms with Crippen LogP contribution >= 0.6 is 0 Å². The largest absolute Gasteiger partial charge is 0.349 e. The van der Waals surface area contributed by atoms with Crippen molar-refractivity contribution < 1.29 is 9.59 Å². The average molecular weight is 274 g/mol. The molecule has 0 radical (unpaired) electrons. The summed E-state index contributed by atoms with van der Waals surface area (Å²) in [4.78, 5) is 25.9. The van der Waals surface area contributed by atoms with Crippen LogP contribution in [0.1, 0.15) is 38.8 Å². The van der Waals surface area contributed by atoms with Crippen molar-refractivity contribution in [2.75, 3.05) is 6.54 Å². The Hall–Kier alpha value is -1.84. The van der Waals surface area contributed by atoms with Crippen LogP contribution in [0.15, 0.2) is 30.3 Å². The van der Waals surface area contributed by atoms with E-state index in [-0.39, 0.29) is 29.8 Å². The highest BCUT2D eigenvalue weighted by Crippen LogP contribution is 2.21. The van der Waals surface area contributed by atoms with Crippen LogP contribution in [-0.2, 0) is 9.59 Å². The Morgan fingerprint density at radius 1 is 1.25 bits per heavy atom. The maximum Gasteiger partial charge on any atom is 0.225 e. The fourth-order valence-corrected chi connectivity index (χ4v) is 2.56. The van der Waals surface area contributed by atoms with Crippen LogP contribution in [0.25, 0.3) is 0 Å². The highest BCUT2D eigenvalue weighted by atomic mass is 16.2. The Morgan fingerprint density at radius 2 is 1.90 bits per heavy atom. The molecule has 1 fully saturated rings. The van der Waals surface area contributed by atoms with Gasteiger partial charge < -0.3 is 10.2 Å². The third kappa shape index (κ3) is 3.18. The number of benzene rings is 1. The highest BCUT2D eigenvalue weighted by Gasteiger charge is 2.35. The zero-order valence-corrected chi connectivity index (χ0v) is 12.3. The number of nitrogens with one attached hydrogen (secondary N) is 1. The minimum atomic E-state index is -0.226. The lowest BCUT2D eigenvalue weighted by Gasteiger charge is -2.21. The molecule has 0 bridgehead atoms. The van der Waals surface area contributed by atoms with Gasteiger partial charge in [-0.15, -0.1) is 0 Å². The van der Waals surface area contributed by atoms with Gasteiger partial charge >= 0.3 is 0 Å². The highest BCUT2D eigenvalue weighted by molar-refractivity contribution is 5.89. The first-order valence-electron chi connectivity index (χ1n) is 7.14. The van der Waals surface area contributed by atoms with E-state index in [4.69, 9.17) is 0 Å². The summed E-state index contributed by atoms with van der Waals surface area (Å²) in [7, 11) is 0. The molecular weight excluding hydrogens is 252 g/mol. The van der Waals surface area contributed by atoms with E-state index < -0.39 is 0 Å². The van der Waals surface area contributed by atoms with Crippen LogP contribution in [0, 0.1) is 5.92 Å².